The number of carbonyl (C=O) groups is 1. The van der Waals surface area contributed by atoms with Gasteiger partial charge in [0.15, 0.2) is 0 Å². The van der Waals surface area contributed by atoms with Crippen molar-refractivity contribution in [1.82, 2.24) is 0 Å². The molecule has 0 radical (unpaired) electrons. The smallest absolute Gasteiger partial charge is 0.428 e. The van der Waals surface area contributed by atoms with Crippen molar-refractivity contribution in [2.75, 3.05) is 6.61 Å². The van der Waals surface area contributed by atoms with Crippen LogP contribution in [0.4, 0.5) is 23.2 Å². The molecule has 4 atom stereocenters. The Morgan fingerprint density at radius 1 is 0.923 bits per heavy atom. The summed E-state index contributed by atoms with van der Waals surface area (Å²) in [5.41, 5.74) is -3.91. The number of alkyl halides is 4. The largest absolute Gasteiger partial charge is 0.431 e. The van der Waals surface area contributed by atoms with Gasteiger partial charge in [-0.15, -0.1) is 0 Å². The van der Waals surface area contributed by atoms with Crippen LogP contribution in [0.15, 0.2) is 84.9 Å². The van der Waals surface area contributed by atoms with Gasteiger partial charge < -0.3 is 18.9 Å². The molecule has 0 aliphatic carbocycles. The first-order valence-corrected chi connectivity index (χ1v) is 11.7. The Hall–Kier alpha value is -3.87. The van der Waals surface area contributed by atoms with Crippen molar-refractivity contribution in [2.24, 2.45) is 0 Å². The molecule has 0 saturated carbocycles. The summed E-state index contributed by atoms with van der Waals surface area (Å²) in [4.78, 5) is 22.7. The van der Waals surface area contributed by atoms with E-state index in [9.17, 15) is 28.1 Å². The fourth-order valence-corrected chi connectivity index (χ4v) is 4.00. The van der Waals surface area contributed by atoms with Crippen LogP contribution in [0.1, 0.15) is 21.5 Å². The zero-order chi connectivity index (χ0) is 28.0. The van der Waals surface area contributed by atoms with E-state index in [4.69, 9.17) is 18.9 Å². The highest BCUT2D eigenvalue weighted by Gasteiger charge is 2.72. The predicted molar refractivity (Wildman–Crippen MR) is 128 cm³/mol. The van der Waals surface area contributed by atoms with E-state index in [-0.39, 0.29) is 24.5 Å². The van der Waals surface area contributed by atoms with Gasteiger partial charge in [0.05, 0.1) is 30.3 Å². The van der Waals surface area contributed by atoms with Crippen LogP contribution in [0.2, 0.25) is 0 Å². The van der Waals surface area contributed by atoms with E-state index in [0.717, 1.165) is 24.3 Å². The third-order valence-electron chi connectivity index (χ3n) is 6.05. The molecule has 0 spiro atoms. The van der Waals surface area contributed by atoms with Crippen LogP contribution < -0.4 is 0 Å². The molecule has 1 heterocycles. The Morgan fingerprint density at radius 3 is 1.97 bits per heavy atom. The number of non-ortho nitro benzene ring substituents is 1. The highest BCUT2D eigenvalue weighted by molar-refractivity contribution is 5.89. The van der Waals surface area contributed by atoms with Gasteiger partial charge >= 0.3 is 12.1 Å². The van der Waals surface area contributed by atoms with Gasteiger partial charge in [0, 0.05) is 12.1 Å². The van der Waals surface area contributed by atoms with Crippen molar-refractivity contribution in [3.8, 4) is 0 Å². The molecular weight excluding hydrogens is 526 g/mol. The number of ether oxygens (including phenoxy) is 4. The van der Waals surface area contributed by atoms with Crippen molar-refractivity contribution in [1.29, 1.82) is 0 Å². The van der Waals surface area contributed by atoms with Crippen LogP contribution in [0.5, 0.6) is 0 Å². The van der Waals surface area contributed by atoms with E-state index in [0.29, 0.717) is 11.1 Å². The zero-order valence-electron chi connectivity index (χ0n) is 20.3. The second-order valence-electron chi connectivity index (χ2n) is 8.69. The molecule has 1 saturated heterocycles. The number of nitrogens with zero attached hydrogens (tertiary/aromatic N) is 1. The Balaban J connectivity index is 1.61. The maximum atomic E-state index is 16.3. The molecule has 3 aromatic rings. The van der Waals surface area contributed by atoms with Gasteiger partial charge in [0.1, 0.15) is 12.2 Å². The Labute approximate surface area is 220 Å². The second-order valence-corrected chi connectivity index (χ2v) is 8.69. The fraction of sp³-hybridized carbons (Fsp3) is 0.296. The first-order valence-electron chi connectivity index (χ1n) is 11.7. The molecule has 0 N–H and O–H groups in total. The summed E-state index contributed by atoms with van der Waals surface area (Å²) in [6.07, 6.45) is -12.1. The van der Waals surface area contributed by atoms with Crippen molar-refractivity contribution < 1.29 is 46.2 Å². The first-order chi connectivity index (χ1) is 18.6. The molecule has 0 aromatic heterocycles. The zero-order valence-corrected chi connectivity index (χ0v) is 20.3. The summed E-state index contributed by atoms with van der Waals surface area (Å²) in [5, 5.41) is 10.8. The molecule has 4 rings (SSSR count). The van der Waals surface area contributed by atoms with E-state index in [1.54, 1.807) is 60.7 Å². The van der Waals surface area contributed by atoms with Gasteiger partial charge in [-0.1, -0.05) is 60.7 Å². The SMILES string of the molecule is O=C(O[C@@H]1OC[C@@H](OCc2ccccc2)[C@@H](OCc2ccccc2)[C@]1(F)C(F)(F)F)c1ccc([N+](=O)[O-])cc1. The van der Waals surface area contributed by atoms with Gasteiger partial charge in [0.25, 0.3) is 11.4 Å². The summed E-state index contributed by atoms with van der Waals surface area (Å²) in [5.74, 6) is -1.37. The number of halogens is 4. The topological polar surface area (TPSA) is 97.1 Å². The van der Waals surface area contributed by atoms with E-state index in [2.05, 4.69) is 0 Å². The van der Waals surface area contributed by atoms with E-state index >= 15 is 4.39 Å². The number of nitro benzene ring substituents is 1. The van der Waals surface area contributed by atoms with Gasteiger partial charge in [-0.25, -0.2) is 9.18 Å². The van der Waals surface area contributed by atoms with Gasteiger partial charge in [-0.05, 0) is 23.3 Å². The normalized spacial score (nSPS) is 23.2. The summed E-state index contributed by atoms with van der Waals surface area (Å²) in [6, 6.07) is 20.6. The van der Waals surface area contributed by atoms with Crippen LogP contribution in [0.3, 0.4) is 0 Å². The summed E-state index contributed by atoms with van der Waals surface area (Å²) < 4.78 is 80.7. The average molecular weight is 549 g/mol. The highest BCUT2D eigenvalue weighted by atomic mass is 19.4. The molecule has 206 valence electrons. The molecule has 0 unspecified atom stereocenters. The lowest BCUT2D eigenvalue weighted by molar-refractivity contribution is -0.384. The maximum absolute atomic E-state index is 16.3. The number of carbonyl (C=O) groups excluding carboxylic acids is 1. The molecule has 1 fully saturated rings. The quantitative estimate of drug-likeness (QED) is 0.149. The number of esters is 1. The minimum Gasteiger partial charge on any atom is -0.428 e. The molecule has 39 heavy (non-hydrogen) atoms. The fourth-order valence-electron chi connectivity index (χ4n) is 4.00. The van der Waals surface area contributed by atoms with E-state index in [1.165, 1.54) is 0 Å². The van der Waals surface area contributed by atoms with Crippen LogP contribution in [-0.2, 0) is 32.2 Å². The van der Waals surface area contributed by atoms with Crippen molar-refractivity contribution >= 4 is 11.7 Å². The van der Waals surface area contributed by atoms with E-state index < -0.39 is 47.8 Å². The lowest BCUT2D eigenvalue weighted by Gasteiger charge is -2.46. The third kappa shape index (κ3) is 6.41. The molecule has 8 nitrogen and oxygen atoms in total. The van der Waals surface area contributed by atoms with Gasteiger partial charge in [0.2, 0.25) is 6.29 Å². The summed E-state index contributed by atoms with van der Waals surface area (Å²) >= 11 is 0. The minimum atomic E-state index is -5.61. The number of nitro groups is 1. The average Bonchev–Trinajstić information content (AvgIpc) is 2.93. The molecule has 1 aliphatic rings. The minimum absolute atomic E-state index is 0.152. The van der Waals surface area contributed by atoms with Crippen LogP contribution >= 0.6 is 0 Å². The summed E-state index contributed by atoms with van der Waals surface area (Å²) in [6.45, 7) is -1.12. The third-order valence-corrected chi connectivity index (χ3v) is 6.05. The molecule has 0 bridgehead atoms. The molecule has 3 aromatic carbocycles. The number of benzene rings is 3. The van der Waals surface area contributed by atoms with Crippen molar-refractivity contribution in [2.45, 2.75) is 43.6 Å². The number of rotatable bonds is 9. The monoisotopic (exact) mass is 549 g/mol. The Kier molecular flexibility index (Phi) is 8.58. The highest BCUT2D eigenvalue weighted by Crippen LogP contribution is 2.47. The predicted octanol–water partition coefficient (Wildman–Crippen LogP) is 5.55. The summed E-state index contributed by atoms with van der Waals surface area (Å²) in [7, 11) is 0. The van der Waals surface area contributed by atoms with Crippen LogP contribution in [0.25, 0.3) is 0 Å². The molecular formula is C27H23F4NO7. The second kappa shape index (κ2) is 11.9. The number of hydrogen-bond donors (Lipinski definition) is 0. The van der Waals surface area contributed by atoms with E-state index in [1.807, 2.05) is 0 Å². The van der Waals surface area contributed by atoms with Gasteiger partial charge in [-0.3, -0.25) is 10.1 Å². The van der Waals surface area contributed by atoms with Crippen LogP contribution in [-0.4, -0.2) is 47.8 Å². The van der Waals surface area contributed by atoms with Crippen LogP contribution in [0, 0.1) is 10.1 Å². The van der Waals surface area contributed by atoms with Crippen molar-refractivity contribution in [3.63, 3.8) is 0 Å². The molecule has 12 heteroatoms. The van der Waals surface area contributed by atoms with Crippen molar-refractivity contribution in [3.05, 3.63) is 112 Å². The van der Waals surface area contributed by atoms with Gasteiger partial charge in [-0.2, -0.15) is 13.2 Å². The number of hydrogen-bond acceptors (Lipinski definition) is 7. The lowest BCUT2D eigenvalue weighted by atomic mass is 9.90. The maximum Gasteiger partial charge on any atom is 0.431 e. The standard InChI is InChI=1S/C27H23F4NO7/c28-26(27(29,30)31)23(37-16-19-9-5-2-6-10-19)22(36-15-18-7-3-1-4-8-18)17-38-25(26)39-24(33)20-11-13-21(14-12-20)32(34)35/h1-14,22-23,25H,15-17H2/t22-,23-,25+,26-/m1/s1. The Bertz CT molecular complexity index is 1260. The Morgan fingerprint density at radius 2 is 1.46 bits per heavy atom. The lowest BCUT2D eigenvalue weighted by Crippen LogP contribution is -2.69. The molecule has 1 aliphatic heterocycles. The molecule has 0 amide bonds. The first kappa shape index (κ1) is 28.1.